The third-order valence-corrected chi connectivity index (χ3v) is 2.80. The number of hydrogen-bond acceptors (Lipinski definition) is 4. The molecule has 0 bridgehead atoms. The van der Waals surface area contributed by atoms with Crippen LogP contribution in [-0.4, -0.2) is 26.7 Å². The highest BCUT2D eigenvalue weighted by Gasteiger charge is 2.16. The standard InChI is InChI=1S/C14H15N3O3/c15-20-13(14(18)19)8-12(9-17-7-6-16-10-17)11-4-2-1-3-5-11/h1-8,10,13H,9,15H2,(H,18,19). The highest BCUT2D eigenvalue weighted by Crippen LogP contribution is 2.17. The van der Waals surface area contributed by atoms with E-state index in [4.69, 9.17) is 11.0 Å². The molecule has 2 aromatic rings. The van der Waals surface area contributed by atoms with E-state index in [9.17, 15) is 4.79 Å². The minimum atomic E-state index is -1.19. The zero-order chi connectivity index (χ0) is 14.4. The molecule has 1 heterocycles. The first-order valence-corrected chi connectivity index (χ1v) is 6.01. The largest absolute Gasteiger partial charge is 0.479 e. The van der Waals surface area contributed by atoms with E-state index in [1.165, 1.54) is 6.08 Å². The maximum atomic E-state index is 11.0. The van der Waals surface area contributed by atoms with Gasteiger partial charge in [-0.15, -0.1) is 0 Å². The van der Waals surface area contributed by atoms with Gasteiger partial charge in [-0.3, -0.25) is 4.84 Å². The van der Waals surface area contributed by atoms with Gasteiger partial charge in [-0.2, -0.15) is 0 Å². The number of carboxylic acids is 1. The van der Waals surface area contributed by atoms with Crippen LogP contribution in [0.5, 0.6) is 0 Å². The van der Waals surface area contributed by atoms with Crippen LogP contribution >= 0.6 is 0 Å². The number of aromatic nitrogens is 2. The molecule has 20 heavy (non-hydrogen) atoms. The number of hydrogen-bond donors (Lipinski definition) is 2. The van der Waals surface area contributed by atoms with Crippen molar-refractivity contribution >= 4 is 11.5 Å². The smallest absolute Gasteiger partial charge is 0.339 e. The number of carboxylic acid groups (broad SMARTS) is 1. The van der Waals surface area contributed by atoms with Crippen LogP contribution in [0.3, 0.4) is 0 Å². The van der Waals surface area contributed by atoms with Gasteiger partial charge in [0.15, 0.2) is 6.10 Å². The molecule has 1 aromatic heterocycles. The molecule has 0 saturated carbocycles. The topological polar surface area (TPSA) is 90.4 Å². The van der Waals surface area contributed by atoms with Crippen molar-refractivity contribution in [3.05, 3.63) is 60.7 Å². The maximum absolute atomic E-state index is 11.0. The van der Waals surface area contributed by atoms with E-state index in [1.54, 1.807) is 18.7 Å². The molecule has 3 N–H and O–H groups in total. The molecule has 0 spiro atoms. The fourth-order valence-electron chi connectivity index (χ4n) is 1.82. The Morgan fingerprint density at radius 1 is 1.45 bits per heavy atom. The molecule has 0 aliphatic rings. The van der Waals surface area contributed by atoms with Gasteiger partial charge in [-0.1, -0.05) is 30.3 Å². The van der Waals surface area contributed by atoms with Gasteiger partial charge in [0, 0.05) is 18.9 Å². The molecule has 0 aliphatic heterocycles. The van der Waals surface area contributed by atoms with Gasteiger partial charge in [0.1, 0.15) is 0 Å². The van der Waals surface area contributed by atoms with Crippen LogP contribution in [0.4, 0.5) is 0 Å². The van der Waals surface area contributed by atoms with E-state index < -0.39 is 12.1 Å². The average Bonchev–Trinajstić information content (AvgIpc) is 2.97. The summed E-state index contributed by atoms with van der Waals surface area (Å²) >= 11 is 0. The van der Waals surface area contributed by atoms with Crippen LogP contribution in [0.2, 0.25) is 0 Å². The van der Waals surface area contributed by atoms with Crippen LogP contribution in [0, 0.1) is 0 Å². The predicted molar refractivity (Wildman–Crippen MR) is 73.3 cm³/mol. The van der Waals surface area contributed by atoms with E-state index in [1.807, 2.05) is 34.9 Å². The summed E-state index contributed by atoms with van der Waals surface area (Å²) in [6.45, 7) is 0.483. The number of aliphatic carboxylic acids is 1. The van der Waals surface area contributed by atoms with Crippen molar-refractivity contribution in [2.45, 2.75) is 12.6 Å². The van der Waals surface area contributed by atoms with Crippen LogP contribution in [0.1, 0.15) is 5.56 Å². The molecule has 1 aromatic carbocycles. The van der Waals surface area contributed by atoms with Gasteiger partial charge in [0.2, 0.25) is 0 Å². The van der Waals surface area contributed by atoms with E-state index in [0.29, 0.717) is 6.54 Å². The summed E-state index contributed by atoms with van der Waals surface area (Å²) in [5, 5.41) is 9.03. The van der Waals surface area contributed by atoms with E-state index in [-0.39, 0.29) is 0 Å². The van der Waals surface area contributed by atoms with Crippen LogP contribution in [0.25, 0.3) is 5.57 Å². The zero-order valence-electron chi connectivity index (χ0n) is 10.7. The molecule has 1 atom stereocenters. The lowest BCUT2D eigenvalue weighted by molar-refractivity contribution is -0.147. The second kappa shape index (κ2) is 6.65. The summed E-state index contributed by atoms with van der Waals surface area (Å²) in [5.41, 5.74) is 1.70. The van der Waals surface area contributed by atoms with Gasteiger partial charge < -0.3 is 9.67 Å². The maximum Gasteiger partial charge on any atom is 0.339 e. The average molecular weight is 273 g/mol. The minimum Gasteiger partial charge on any atom is -0.479 e. The Hall–Kier alpha value is -2.44. The highest BCUT2D eigenvalue weighted by molar-refractivity contribution is 5.79. The Labute approximate surface area is 116 Å². The quantitative estimate of drug-likeness (QED) is 0.774. The van der Waals surface area contributed by atoms with Crippen molar-refractivity contribution in [2.24, 2.45) is 5.90 Å². The summed E-state index contributed by atoms with van der Waals surface area (Å²) < 4.78 is 1.84. The van der Waals surface area contributed by atoms with Gasteiger partial charge in [0.25, 0.3) is 0 Å². The fraction of sp³-hybridized carbons (Fsp3) is 0.143. The van der Waals surface area contributed by atoms with Crippen molar-refractivity contribution in [3.8, 4) is 0 Å². The molecular weight excluding hydrogens is 258 g/mol. The van der Waals surface area contributed by atoms with Crippen molar-refractivity contribution in [3.63, 3.8) is 0 Å². The second-order valence-electron chi connectivity index (χ2n) is 4.19. The first-order chi connectivity index (χ1) is 9.70. The first-order valence-electron chi connectivity index (χ1n) is 6.01. The van der Waals surface area contributed by atoms with E-state index in [0.717, 1.165) is 11.1 Å². The summed E-state index contributed by atoms with van der Waals surface area (Å²) in [6.07, 6.45) is 5.44. The van der Waals surface area contributed by atoms with Gasteiger partial charge >= 0.3 is 5.97 Å². The predicted octanol–water partition coefficient (Wildman–Crippen LogP) is 1.31. The second-order valence-corrected chi connectivity index (χ2v) is 4.19. The van der Waals surface area contributed by atoms with Crippen molar-refractivity contribution in [1.82, 2.24) is 9.55 Å². The lowest BCUT2D eigenvalue weighted by Crippen LogP contribution is -2.25. The lowest BCUT2D eigenvalue weighted by atomic mass is 10.0. The SMILES string of the molecule is NOC(C=C(Cn1ccnc1)c1ccccc1)C(=O)O. The molecule has 0 saturated heterocycles. The van der Waals surface area contributed by atoms with Crippen molar-refractivity contribution in [1.29, 1.82) is 0 Å². The lowest BCUT2D eigenvalue weighted by Gasteiger charge is -2.12. The van der Waals surface area contributed by atoms with Gasteiger partial charge in [0.05, 0.1) is 6.33 Å². The Morgan fingerprint density at radius 2 is 2.20 bits per heavy atom. The highest BCUT2D eigenvalue weighted by atomic mass is 16.6. The molecule has 6 heteroatoms. The zero-order valence-corrected chi connectivity index (χ0v) is 10.7. The number of benzene rings is 1. The molecule has 6 nitrogen and oxygen atoms in total. The summed E-state index contributed by atoms with van der Waals surface area (Å²) in [5.74, 6) is 3.90. The van der Waals surface area contributed by atoms with E-state index in [2.05, 4.69) is 9.82 Å². The summed E-state index contributed by atoms with van der Waals surface area (Å²) in [4.78, 5) is 19.5. The monoisotopic (exact) mass is 273 g/mol. The Kier molecular flexibility index (Phi) is 4.65. The Balaban J connectivity index is 2.33. The van der Waals surface area contributed by atoms with Crippen LogP contribution in [-0.2, 0) is 16.2 Å². The number of nitrogens with two attached hydrogens (primary N) is 1. The molecule has 0 aliphatic carbocycles. The number of carbonyl (C=O) groups is 1. The van der Waals surface area contributed by atoms with Crippen LogP contribution in [0.15, 0.2) is 55.1 Å². The number of allylic oxidation sites excluding steroid dienone is 1. The number of rotatable bonds is 6. The molecule has 0 amide bonds. The molecule has 2 rings (SSSR count). The number of nitrogens with zero attached hydrogens (tertiary/aromatic N) is 2. The molecule has 0 fully saturated rings. The van der Waals surface area contributed by atoms with Gasteiger partial charge in [-0.05, 0) is 17.2 Å². The fourth-order valence-corrected chi connectivity index (χ4v) is 1.82. The Bertz CT molecular complexity index is 579. The van der Waals surface area contributed by atoms with Crippen molar-refractivity contribution in [2.75, 3.05) is 0 Å². The third-order valence-electron chi connectivity index (χ3n) is 2.80. The summed E-state index contributed by atoms with van der Waals surface area (Å²) in [6, 6.07) is 9.47. The number of imidazole rings is 1. The minimum absolute atomic E-state index is 0.483. The van der Waals surface area contributed by atoms with Crippen molar-refractivity contribution < 1.29 is 14.7 Å². The third kappa shape index (κ3) is 3.53. The first kappa shape index (κ1) is 14.0. The molecule has 1 unspecified atom stereocenters. The molecule has 0 radical (unpaired) electrons. The van der Waals surface area contributed by atoms with Crippen LogP contribution < -0.4 is 5.90 Å². The Morgan fingerprint density at radius 3 is 2.75 bits per heavy atom. The molecule has 104 valence electrons. The van der Waals surface area contributed by atoms with Gasteiger partial charge in [-0.25, -0.2) is 15.7 Å². The summed E-state index contributed by atoms with van der Waals surface area (Å²) in [7, 11) is 0. The van der Waals surface area contributed by atoms with E-state index >= 15 is 0 Å². The normalized spacial score (nSPS) is 13.2. The molecular formula is C14H15N3O3.